The van der Waals surface area contributed by atoms with Crippen molar-refractivity contribution in [2.45, 2.75) is 20.3 Å². The largest absolute Gasteiger partial charge is 0.383 e. The molecule has 0 aliphatic heterocycles. The van der Waals surface area contributed by atoms with Crippen molar-refractivity contribution >= 4 is 27.3 Å². The standard InChI is InChI=1S/C12H20BrNOS/c1-12(2,9-14-5-6-15-3)8-11-10(13)4-7-16-11/h4,7,14H,5-6,8-9H2,1-3H3. The molecule has 1 N–H and O–H groups in total. The molecule has 92 valence electrons. The number of thiophene rings is 1. The van der Waals surface area contributed by atoms with Crippen molar-refractivity contribution in [1.82, 2.24) is 5.32 Å². The molecular weight excluding hydrogens is 286 g/mol. The molecule has 0 unspecified atom stereocenters. The van der Waals surface area contributed by atoms with Crippen molar-refractivity contribution in [3.63, 3.8) is 0 Å². The van der Waals surface area contributed by atoms with Crippen LogP contribution < -0.4 is 5.32 Å². The van der Waals surface area contributed by atoms with Crippen molar-refractivity contribution in [2.24, 2.45) is 5.41 Å². The van der Waals surface area contributed by atoms with Crippen LogP contribution in [0.2, 0.25) is 0 Å². The third-order valence-electron chi connectivity index (χ3n) is 2.42. The second-order valence-corrected chi connectivity index (χ2v) is 6.56. The SMILES string of the molecule is COCCNCC(C)(C)Cc1sccc1Br. The van der Waals surface area contributed by atoms with Gasteiger partial charge in [0.05, 0.1) is 6.61 Å². The van der Waals surface area contributed by atoms with E-state index in [4.69, 9.17) is 4.74 Å². The maximum atomic E-state index is 5.01. The molecule has 0 amide bonds. The van der Waals surface area contributed by atoms with E-state index in [1.807, 2.05) is 11.3 Å². The van der Waals surface area contributed by atoms with E-state index in [1.165, 1.54) is 9.35 Å². The zero-order valence-electron chi connectivity index (χ0n) is 10.2. The highest BCUT2D eigenvalue weighted by molar-refractivity contribution is 9.10. The Morgan fingerprint density at radius 2 is 2.25 bits per heavy atom. The van der Waals surface area contributed by atoms with Crippen LogP contribution in [0.5, 0.6) is 0 Å². The summed E-state index contributed by atoms with van der Waals surface area (Å²) in [5.41, 5.74) is 0.279. The maximum absolute atomic E-state index is 5.01. The summed E-state index contributed by atoms with van der Waals surface area (Å²) in [6.07, 6.45) is 1.10. The summed E-state index contributed by atoms with van der Waals surface area (Å²) in [5.74, 6) is 0. The van der Waals surface area contributed by atoms with Crippen LogP contribution in [0.25, 0.3) is 0 Å². The van der Waals surface area contributed by atoms with E-state index in [2.05, 4.69) is 46.5 Å². The minimum Gasteiger partial charge on any atom is -0.383 e. The number of methoxy groups -OCH3 is 1. The lowest BCUT2D eigenvalue weighted by Crippen LogP contribution is -2.32. The zero-order chi connectivity index (χ0) is 12.0. The molecule has 4 heteroatoms. The van der Waals surface area contributed by atoms with Crippen LogP contribution in [0.4, 0.5) is 0 Å². The van der Waals surface area contributed by atoms with Crippen molar-refractivity contribution in [3.05, 3.63) is 20.8 Å². The first-order valence-corrected chi connectivity index (χ1v) is 7.14. The fraction of sp³-hybridized carbons (Fsp3) is 0.667. The van der Waals surface area contributed by atoms with Gasteiger partial charge >= 0.3 is 0 Å². The lowest BCUT2D eigenvalue weighted by atomic mass is 9.88. The van der Waals surface area contributed by atoms with Crippen molar-refractivity contribution in [3.8, 4) is 0 Å². The summed E-state index contributed by atoms with van der Waals surface area (Å²) in [7, 11) is 1.73. The van der Waals surface area contributed by atoms with Gasteiger partial charge in [-0.1, -0.05) is 13.8 Å². The van der Waals surface area contributed by atoms with Gasteiger partial charge < -0.3 is 10.1 Å². The fourth-order valence-corrected chi connectivity index (χ4v) is 3.30. The predicted molar refractivity (Wildman–Crippen MR) is 74.2 cm³/mol. The Bertz CT molecular complexity index is 312. The van der Waals surface area contributed by atoms with E-state index in [0.717, 1.165) is 26.1 Å². The normalized spacial score (nSPS) is 12.0. The van der Waals surface area contributed by atoms with Gasteiger partial charge in [0.1, 0.15) is 0 Å². The molecule has 0 fully saturated rings. The van der Waals surface area contributed by atoms with E-state index < -0.39 is 0 Å². The van der Waals surface area contributed by atoms with Crippen LogP contribution in [0.3, 0.4) is 0 Å². The second kappa shape index (κ2) is 6.74. The molecule has 0 atom stereocenters. The Morgan fingerprint density at radius 3 is 2.81 bits per heavy atom. The average molecular weight is 306 g/mol. The molecule has 2 nitrogen and oxygen atoms in total. The average Bonchev–Trinajstić information content (AvgIpc) is 2.59. The van der Waals surface area contributed by atoms with Gasteiger partial charge in [-0.15, -0.1) is 11.3 Å². The molecular formula is C12H20BrNOS. The molecule has 1 aromatic rings. The van der Waals surface area contributed by atoms with Gasteiger partial charge in [-0.2, -0.15) is 0 Å². The zero-order valence-corrected chi connectivity index (χ0v) is 12.6. The molecule has 1 rings (SSSR count). The topological polar surface area (TPSA) is 21.3 Å². The highest BCUT2D eigenvalue weighted by Crippen LogP contribution is 2.30. The van der Waals surface area contributed by atoms with Crippen molar-refractivity contribution in [1.29, 1.82) is 0 Å². The Hall–Kier alpha value is 0.100. The minimum atomic E-state index is 0.279. The lowest BCUT2D eigenvalue weighted by Gasteiger charge is -2.24. The summed E-state index contributed by atoms with van der Waals surface area (Å²) in [6, 6.07) is 2.12. The third-order valence-corrected chi connectivity index (χ3v) is 4.34. The Kier molecular flexibility index (Phi) is 5.97. The Balaban J connectivity index is 2.36. The maximum Gasteiger partial charge on any atom is 0.0587 e. The summed E-state index contributed by atoms with van der Waals surface area (Å²) < 4.78 is 6.25. The summed E-state index contributed by atoms with van der Waals surface area (Å²) in [6.45, 7) is 7.29. The number of hydrogen-bond acceptors (Lipinski definition) is 3. The van der Waals surface area contributed by atoms with Crippen LogP contribution in [0.15, 0.2) is 15.9 Å². The quantitative estimate of drug-likeness (QED) is 0.780. The van der Waals surface area contributed by atoms with Crippen LogP contribution in [0, 0.1) is 5.41 Å². The molecule has 0 saturated heterocycles. The van der Waals surface area contributed by atoms with Crippen LogP contribution in [0.1, 0.15) is 18.7 Å². The molecule has 0 bridgehead atoms. The molecule has 0 spiro atoms. The van der Waals surface area contributed by atoms with Crippen molar-refractivity contribution < 1.29 is 4.74 Å². The van der Waals surface area contributed by atoms with Gasteiger partial charge in [0.15, 0.2) is 0 Å². The monoisotopic (exact) mass is 305 g/mol. The Labute approximate surface area is 111 Å². The number of ether oxygens (including phenoxy) is 1. The van der Waals surface area contributed by atoms with Crippen LogP contribution in [-0.2, 0) is 11.2 Å². The molecule has 16 heavy (non-hydrogen) atoms. The summed E-state index contributed by atoms with van der Waals surface area (Å²) in [4.78, 5) is 1.43. The number of nitrogens with one attached hydrogen (secondary N) is 1. The first-order valence-electron chi connectivity index (χ1n) is 5.47. The molecule has 0 saturated carbocycles. The molecule has 1 heterocycles. The molecule has 0 aliphatic carbocycles. The highest BCUT2D eigenvalue weighted by atomic mass is 79.9. The molecule has 0 aliphatic rings. The summed E-state index contributed by atoms with van der Waals surface area (Å²) >= 11 is 5.40. The third kappa shape index (κ3) is 4.95. The molecule has 1 aromatic heterocycles. The predicted octanol–water partition coefficient (Wildman–Crippen LogP) is 3.32. The van der Waals surface area contributed by atoms with Crippen molar-refractivity contribution in [2.75, 3.05) is 26.8 Å². The summed E-state index contributed by atoms with van der Waals surface area (Å²) in [5, 5.41) is 5.56. The number of hydrogen-bond donors (Lipinski definition) is 1. The van der Waals surface area contributed by atoms with Gasteiger partial charge in [-0.05, 0) is 39.2 Å². The molecule has 0 aromatic carbocycles. The fourth-order valence-electron chi connectivity index (χ4n) is 1.55. The second-order valence-electron chi connectivity index (χ2n) is 4.70. The number of rotatable bonds is 7. The van der Waals surface area contributed by atoms with Gasteiger partial charge in [0, 0.05) is 29.5 Å². The molecule has 0 radical (unpaired) electrons. The van der Waals surface area contributed by atoms with Gasteiger partial charge in [-0.25, -0.2) is 0 Å². The van der Waals surface area contributed by atoms with E-state index in [9.17, 15) is 0 Å². The minimum absolute atomic E-state index is 0.279. The van der Waals surface area contributed by atoms with Crippen LogP contribution in [-0.4, -0.2) is 26.8 Å². The number of halogens is 1. The lowest BCUT2D eigenvalue weighted by molar-refractivity contribution is 0.194. The highest BCUT2D eigenvalue weighted by Gasteiger charge is 2.19. The first-order chi connectivity index (χ1) is 7.55. The van der Waals surface area contributed by atoms with Gasteiger partial charge in [0.2, 0.25) is 0 Å². The van der Waals surface area contributed by atoms with E-state index in [-0.39, 0.29) is 5.41 Å². The van der Waals surface area contributed by atoms with E-state index in [1.54, 1.807) is 7.11 Å². The van der Waals surface area contributed by atoms with E-state index in [0.29, 0.717) is 0 Å². The smallest absolute Gasteiger partial charge is 0.0587 e. The van der Waals surface area contributed by atoms with E-state index >= 15 is 0 Å². The first kappa shape index (κ1) is 14.2. The van der Waals surface area contributed by atoms with Crippen LogP contribution >= 0.6 is 27.3 Å². The van der Waals surface area contributed by atoms with Gasteiger partial charge in [-0.3, -0.25) is 0 Å². The Morgan fingerprint density at radius 1 is 1.50 bits per heavy atom. The van der Waals surface area contributed by atoms with Gasteiger partial charge in [0.25, 0.3) is 0 Å².